The molecule has 1 aliphatic rings. The van der Waals surface area contributed by atoms with Crippen molar-refractivity contribution in [3.8, 4) is 6.07 Å². The monoisotopic (exact) mass is 340 g/mol. The summed E-state index contributed by atoms with van der Waals surface area (Å²) in [5, 5.41) is 9.60. The van der Waals surface area contributed by atoms with Crippen molar-refractivity contribution in [1.82, 2.24) is 9.97 Å². The molecular formula is C18H20N4O3. The van der Waals surface area contributed by atoms with Crippen molar-refractivity contribution in [2.75, 3.05) is 31.2 Å². The van der Waals surface area contributed by atoms with Crippen LogP contribution in [0.1, 0.15) is 25.5 Å². The highest BCUT2D eigenvalue weighted by Crippen LogP contribution is 2.28. The summed E-state index contributed by atoms with van der Waals surface area (Å²) in [7, 11) is 0. The summed E-state index contributed by atoms with van der Waals surface area (Å²) >= 11 is 0. The minimum absolute atomic E-state index is 0.302. The molecule has 2 aromatic rings. The molecular weight excluding hydrogens is 320 g/mol. The number of rotatable bonds is 4. The summed E-state index contributed by atoms with van der Waals surface area (Å²) in [6, 6.07) is 9.45. The van der Waals surface area contributed by atoms with E-state index in [1.165, 1.54) is 0 Å². The summed E-state index contributed by atoms with van der Waals surface area (Å²) in [6.45, 7) is 5.92. The fourth-order valence-corrected chi connectivity index (χ4v) is 2.73. The quantitative estimate of drug-likeness (QED) is 0.787. The van der Waals surface area contributed by atoms with Crippen LogP contribution in [-0.2, 0) is 14.3 Å². The fourth-order valence-electron chi connectivity index (χ4n) is 2.73. The number of hydrogen-bond donors (Lipinski definition) is 0. The predicted octanol–water partition coefficient (Wildman–Crippen LogP) is 2.03. The van der Waals surface area contributed by atoms with Gasteiger partial charge in [0.2, 0.25) is 0 Å². The molecule has 0 saturated carbocycles. The Bertz CT molecular complexity index is 810. The summed E-state index contributed by atoms with van der Waals surface area (Å²) in [5.41, 5.74) is 1.71. The molecule has 0 N–H and O–H groups in total. The normalized spacial score (nSPS) is 15.8. The average Bonchev–Trinajstić information content (AvgIpc) is 2.62. The Labute approximate surface area is 146 Å². The molecule has 0 radical (unpaired) electrons. The first-order chi connectivity index (χ1) is 12.1. The first-order valence-corrected chi connectivity index (χ1v) is 8.29. The Morgan fingerprint density at radius 3 is 2.48 bits per heavy atom. The topological polar surface area (TPSA) is 88.3 Å². The van der Waals surface area contributed by atoms with Gasteiger partial charge in [-0.3, -0.25) is 4.79 Å². The molecule has 0 aliphatic carbocycles. The van der Waals surface area contributed by atoms with E-state index in [1.807, 2.05) is 35.2 Å². The molecule has 1 unspecified atom stereocenters. The van der Waals surface area contributed by atoms with Crippen LogP contribution >= 0.6 is 0 Å². The van der Waals surface area contributed by atoms with Gasteiger partial charge in [0.15, 0.2) is 11.7 Å². The first-order valence-electron chi connectivity index (χ1n) is 8.29. The van der Waals surface area contributed by atoms with Crippen molar-refractivity contribution < 1.29 is 14.3 Å². The van der Waals surface area contributed by atoms with Gasteiger partial charge in [0.1, 0.15) is 5.69 Å². The van der Waals surface area contributed by atoms with E-state index in [4.69, 9.17) is 9.47 Å². The van der Waals surface area contributed by atoms with E-state index in [1.54, 1.807) is 13.8 Å². The highest BCUT2D eigenvalue weighted by atomic mass is 16.5. The number of fused-ring (bicyclic) bond motifs is 1. The maximum atomic E-state index is 12.4. The standard InChI is InChI=1S/C18H20N4O3/c1-12(2)25-18(23)13(11-19)16-17(22-7-9-24-10-8-22)21-15-6-4-3-5-14(15)20-16/h3-6,12-13H,7-10H2,1-2H3. The van der Waals surface area contributed by atoms with Crippen LogP contribution in [-0.4, -0.2) is 48.3 Å². The summed E-state index contributed by atoms with van der Waals surface area (Å²) < 4.78 is 10.6. The second-order valence-electron chi connectivity index (χ2n) is 6.07. The number of ether oxygens (including phenoxy) is 2. The van der Waals surface area contributed by atoms with E-state index >= 15 is 0 Å². The number of nitrogens with zero attached hydrogens (tertiary/aromatic N) is 4. The maximum Gasteiger partial charge on any atom is 0.329 e. The van der Waals surface area contributed by atoms with Crippen molar-refractivity contribution in [3.05, 3.63) is 30.0 Å². The number of para-hydroxylation sites is 2. The summed E-state index contributed by atoms with van der Waals surface area (Å²) in [5.74, 6) is -1.16. The molecule has 130 valence electrons. The Morgan fingerprint density at radius 2 is 1.88 bits per heavy atom. The highest BCUT2D eigenvalue weighted by molar-refractivity contribution is 5.85. The van der Waals surface area contributed by atoms with Gasteiger partial charge in [0.25, 0.3) is 0 Å². The molecule has 1 atom stereocenters. The van der Waals surface area contributed by atoms with Crippen molar-refractivity contribution in [2.24, 2.45) is 0 Å². The first kappa shape index (κ1) is 17.1. The third-order valence-corrected chi connectivity index (χ3v) is 3.88. The number of carbonyl (C=O) groups excluding carboxylic acids is 1. The lowest BCUT2D eigenvalue weighted by atomic mass is 10.1. The SMILES string of the molecule is CC(C)OC(=O)C(C#N)c1nc2ccccc2nc1N1CCOCC1. The minimum atomic E-state index is -1.11. The third-order valence-electron chi connectivity index (χ3n) is 3.88. The number of anilines is 1. The smallest absolute Gasteiger partial charge is 0.329 e. The molecule has 3 rings (SSSR count). The highest BCUT2D eigenvalue weighted by Gasteiger charge is 2.31. The van der Waals surface area contributed by atoms with Crippen LogP contribution in [0.15, 0.2) is 24.3 Å². The van der Waals surface area contributed by atoms with Crippen LogP contribution in [0.3, 0.4) is 0 Å². The van der Waals surface area contributed by atoms with Crippen molar-refractivity contribution in [3.63, 3.8) is 0 Å². The molecule has 1 fully saturated rings. The van der Waals surface area contributed by atoms with Crippen LogP contribution in [0.4, 0.5) is 5.82 Å². The molecule has 7 nitrogen and oxygen atoms in total. The van der Waals surface area contributed by atoms with Gasteiger partial charge in [-0.05, 0) is 26.0 Å². The number of aromatic nitrogens is 2. The molecule has 1 saturated heterocycles. The van der Waals surface area contributed by atoms with Crippen molar-refractivity contribution >= 4 is 22.8 Å². The fraction of sp³-hybridized carbons (Fsp3) is 0.444. The second kappa shape index (κ2) is 7.45. The number of benzene rings is 1. The zero-order valence-corrected chi connectivity index (χ0v) is 14.3. The lowest BCUT2D eigenvalue weighted by Crippen LogP contribution is -2.38. The number of esters is 1. The lowest BCUT2D eigenvalue weighted by molar-refractivity contribution is -0.147. The molecule has 2 heterocycles. The van der Waals surface area contributed by atoms with Crippen molar-refractivity contribution in [1.29, 1.82) is 5.26 Å². The molecule has 1 aliphatic heterocycles. The van der Waals surface area contributed by atoms with Gasteiger partial charge in [0.05, 0.1) is 36.4 Å². The number of hydrogen-bond acceptors (Lipinski definition) is 7. The zero-order chi connectivity index (χ0) is 17.8. The largest absolute Gasteiger partial charge is 0.462 e. The van der Waals surface area contributed by atoms with E-state index in [0.29, 0.717) is 43.3 Å². The summed E-state index contributed by atoms with van der Waals surface area (Å²) in [4.78, 5) is 23.7. The van der Waals surface area contributed by atoms with E-state index in [0.717, 1.165) is 5.52 Å². The average molecular weight is 340 g/mol. The third kappa shape index (κ3) is 3.69. The van der Waals surface area contributed by atoms with Crippen LogP contribution in [0.2, 0.25) is 0 Å². The second-order valence-corrected chi connectivity index (χ2v) is 6.07. The van der Waals surface area contributed by atoms with E-state index in [2.05, 4.69) is 9.97 Å². The molecule has 25 heavy (non-hydrogen) atoms. The minimum Gasteiger partial charge on any atom is -0.462 e. The van der Waals surface area contributed by atoms with E-state index in [-0.39, 0.29) is 6.10 Å². The van der Waals surface area contributed by atoms with E-state index < -0.39 is 11.9 Å². The molecule has 0 spiro atoms. The van der Waals surface area contributed by atoms with Gasteiger partial charge in [-0.25, -0.2) is 9.97 Å². The molecule has 0 amide bonds. The van der Waals surface area contributed by atoms with Crippen LogP contribution in [0, 0.1) is 11.3 Å². The number of morpholine rings is 1. The number of nitriles is 1. The summed E-state index contributed by atoms with van der Waals surface area (Å²) in [6.07, 6.45) is -0.302. The maximum absolute atomic E-state index is 12.4. The number of carbonyl (C=O) groups is 1. The molecule has 1 aromatic carbocycles. The van der Waals surface area contributed by atoms with Gasteiger partial charge in [-0.1, -0.05) is 12.1 Å². The lowest BCUT2D eigenvalue weighted by Gasteiger charge is -2.29. The van der Waals surface area contributed by atoms with Gasteiger partial charge >= 0.3 is 5.97 Å². The van der Waals surface area contributed by atoms with Gasteiger partial charge in [0, 0.05) is 13.1 Å². The Kier molecular flexibility index (Phi) is 5.10. The van der Waals surface area contributed by atoms with Gasteiger partial charge in [-0.15, -0.1) is 0 Å². The van der Waals surface area contributed by atoms with Crippen LogP contribution < -0.4 is 4.90 Å². The molecule has 7 heteroatoms. The zero-order valence-electron chi connectivity index (χ0n) is 14.3. The van der Waals surface area contributed by atoms with Gasteiger partial charge < -0.3 is 14.4 Å². The van der Waals surface area contributed by atoms with E-state index in [9.17, 15) is 10.1 Å². The molecule has 0 bridgehead atoms. The Balaban J connectivity index is 2.09. The van der Waals surface area contributed by atoms with Gasteiger partial charge in [-0.2, -0.15) is 5.26 Å². The van der Waals surface area contributed by atoms with Crippen LogP contribution in [0.25, 0.3) is 11.0 Å². The Hall–Kier alpha value is -2.72. The van der Waals surface area contributed by atoms with Crippen LogP contribution in [0.5, 0.6) is 0 Å². The van der Waals surface area contributed by atoms with Crippen molar-refractivity contribution in [2.45, 2.75) is 25.9 Å². The predicted molar refractivity (Wildman–Crippen MR) is 92.2 cm³/mol. The Morgan fingerprint density at radius 1 is 1.24 bits per heavy atom. The molecule has 1 aromatic heterocycles.